The summed E-state index contributed by atoms with van der Waals surface area (Å²) in [4.78, 5) is 4.77. The van der Waals surface area contributed by atoms with Crippen LogP contribution in [0, 0.1) is 6.92 Å². The predicted molar refractivity (Wildman–Crippen MR) is 80.7 cm³/mol. The van der Waals surface area contributed by atoms with E-state index in [1.807, 2.05) is 0 Å². The molecule has 0 amide bonds. The van der Waals surface area contributed by atoms with Gasteiger partial charge in [0.05, 0.1) is 5.54 Å². The monoisotopic (exact) mass is 272 g/mol. The first-order chi connectivity index (χ1) is 9.26. The van der Waals surface area contributed by atoms with E-state index in [1.165, 1.54) is 35.4 Å². The maximum absolute atomic E-state index is 4.77. The summed E-state index contributed by atoms with van der Waals surface area (Å²) in [7, 11) is 2.07. The second-order valence-electron chi connectivity index (χ2n) is 5.31. The molecule has 1 aliphatic carbocycles. The van der Waals surface area contributed by atoms with Crippen LogP contribution in [0.1, 0.15) is 41.1 Å². The number of aromatic nitrogens is 1. The minimum atomic E-state index is -0.0913. The molecule has 19 heavy (non-hydrogen) atoms. The molecule has 1 aromatic carbocycles. The highest BCUT2D eigenvalue weighted by Gasteiger charge is 2.37. The summed E-state index contributed by atoms with van der Waals surface area (Å²) in [5.41, 5.74) is 3.93. The van der Waals surface area contributed by atoms with Gasteiger partial charge in [-0.05, 0) is 44.4 Å². The molecule has 0 fully saturated rings. The Morgan fingerprint density at radius 2 is 2.11 bits per heavy atom. The third-order valence-electron chi connectivity index (χ3n) is 4.14. The lowest BCUT2D eigenvalue weighted by molar-refractivity contribution is 0.396. The third-order valence-corrected chi connectivity index (χ3v) is 5.26. The average Bonchev–Trinajstić information content (AvgIpc) is 2.78. The van der Waals surface area contributed by atoms with Crippen LogP contribution in [-0.2, 0) is 12.0 Å². The average molecular weight is 272 g/mol. The van der Waals surface area contributed by atoms with Crippen LogP contribution in [0.5, 0.6) is 0 Å². The van der Waals surface area contributed by atoms with Gasteiger partial charge in [-0.3, -0.25) is 0 Å². The number of thiazole rings is 1. The predicted octanol–water partition coefficient (Wildman–Crippen LogP) is 3.64. The van der Waals surface area contributed by atoms with Gasteiger partial charge in [-0.25, -0.2) is 4.98 Å². The van der Waals surface area contributed by atoms with E-state index in [4.69, 9.17) is 4.98 Å². The molecule has 100 valence electrons. The fourth-order valence-corrected chi connectivity index (χ4v) is 4.18. The van der Waals surface area contributed by atoms with Gasteiger partial charge in [0.1, 0.15) is 5.01 Å². The van der Waals surface area contributed by atoms with E-state index < -0.39 is 0 Å². The lowest BCUT2D eigenvalue weighted by atomic mass is 9.85. The Labute approximate surface area is 118 Å². The first-order valence-corrected chi connectivity index (χ1v) is 7.84. The van der Waals surface area contributed by atoms with Crippen molar-refractivity contribution >= 4 is 11.3 Å². The molecule has 1 N–H and O–H groups in total. The number of hydrogen-bond donors (Lipinski definition) is 1. The molecule has 3 heteroatoms. The van der Waals surface area contributed by atoms with Crippen molar-refractivity contribution in [1.29, 1.82) is 0 Å². The number of nitrogens with one attached hydrogen (secondary N) is 1. The quantitative estimate of drug-likeness (QED) is 0.844. The largest absolute Gasteiger partial charge is 0.305 e. The fraction of sp³-hybridized carbons (Fsp3) is 0.438. The molecule has 1 heterocycles. The maximum Gasteiger partial charge on any atom is 0.118 e. The number of nitrogens with zero attached hydrogens (tertiary/aromatic N) is 1. The zero-order valence-corrected chi connectivity index (χ0v) is 12.4. The summed E-state index contributed by atoms with van der Waals surface area (Å²) in [6.45, 7) is 2.08. The van der Waals surface area contributed by atoms with Crippen LogP contribution >= 0.6 is 11.3 Å². The first-order valence-electron chi connectivity index (χ1n) is 6.96. The summed E-state index contributed by atoms with van der Waals surface area (Å²) < 4.78 is 0. The topological polar surface area (TPSA) is 24.9 Å². The molecule has 0 radical (unpaired) electrons. The molecule has 1 unspecified atom stereocenters. The minimum absolute atomic E-state index is 0.0913. The van der Waals surface area contributed by atoms with E-state index in [9.17, 15) is 0 Å². The van der Waals surface area contributed by atoms with E-state index in [-0.39, 0.29) is 5.54 Å². The molecular weight excluding hydrogens is 252 g/mol. The Balaban J connectivity index is 2.19. The van der Waals surface area contributed by atoms with E-state index in [1.54, 1.807) is 11.3 Å². The van der Waals surface area contributed by atoms with Crippen molar-refractivity contribution in [1.82, 2.24) is 10.3 Å². The van der Waals surface area contributed by atoms with Gasteiger partial charge >= 0.3 is 0 Å². The maximum atomic E-state index is 4.77. The summed E-state index contributed by atoms with van der Waals surface area (Å²) >= 11 is 1.78. The van der Waals surface area contributed by atoms with Crippen molar-refractivity contribution in [3.05, 3.63) is 51.5 Å². The van der Waals surface area contributed by atoms with E-state index in [0.717, 1.165) is 12.1 Å². The van der Waals surface area contributed by atoms with Gasteiger partial charge in [-0.1, -0.05) is 30.7 Å². The summed E-state index contributed by atoms with van der Waals surface area (Å²) in [5, 5.41) is 6.96. The highest BCUT2D eigenvalue weighted by molar-refractivity contribution is 7.09. The Bertz CT molecular complexity index is 576. The highest BCUT2D eigenvalue weighted by Crippen LogP contribution is 2.40. The van der Waals surface area contributed by atoms with Crippen molar-refractivity contribution in [3.63, 3.8) is 0 Å². The van der Waals surface area contributed by atoms with Gasteiger partial charge in [-0.2, -0.15) is 0 Å². The summed E-state index contributed by atoms with van der Waals surface area (Å²) in [6, 6.07) is 8.84. The second-order valence-corrected chi connectivity index (χ2v) is 6.17. The number of hydrogen-bond acceptors (Lipinski definition) is 3. The molecule has 1 aromatic heterocycles. The Morgan fingerprint density at radius 1 is 1.26 bits per heavy atom. The lowest BCUT2D eigenvalue weighted by Gasteiger charge is -2.32. The number of rotatable bonds is 2. The molecule has 1 atom stereocenters. The van der Waals surface area contributed by atoms with Crippen LogP contribution in [0.3, 0.4) is 0 Å². The molecule has 2 aromatic rings. The minimum Gasteiger partial charge on any atom is -0.305 e. The van der Waals surface area contributed by atoms with E-state index >= 15 is 0 Å². The standard InChI is InChI=1S/C16H20N2S/c1-12-11-19-15(18-12)16(17-2)10-6-5-8-13-7-3-4-9-14(13)16/h3-4,7,9,11,17H,5-6,8,10H2,1-2H3. The van der Waals surface area contributed by atoms with Crippen molar-refractivity contribution < 1.29 is 0 Å². The lowest BCUT2D eigenvalue weighted by Crippen LogP contribution is -2.41. The fourth-order valence-electron chi connectivity index (χ4n) is 3.13. The van der Waals surface area contributed by atoms with Crippen molar-refractivity contribution in [3.8, 4) is 0 Å². The normalized spacial score (nSPS) is 22.8. The number of benzene rings is 1. The Hall–Kier alpha value is -1.19. The van der Waals surface area contributed by atoms with Crippen LogP contribution in [-0.4, -0.2) is 12.0 Å². The van der Waals surface area contributed by atoms with Crippen molar-refractivity contribution in [2.45, 2.75) is 38.1 Å². The molecule has 0 saturated heterocycles. The number of aryl methyl sites for hydroxylation is 2. The van der Waals surface area contributed by atoms with Crippen LogP contribution in [0.4, 0.5) is 0 Å². The highest BCUT2D eigenvalue weighted by atomic mass is 32.1. The molecule has 0 saturated carbocycles. The van der Waals surface area contributed by atoms with Crippen LogP contribution in [0.25, 0.3) is 0 Å². The van der Waals surface area contributed by atoms with Gasteiger partial charge in [0.2, 0.25) is 0 Å². The van der Waals surface area contributed by atoms with Gasteiger partial charge < -0.3 is 5.32 Å². The zero-order chi connectivity index (χ0) is 13.3. The van der Waals surface area contributed by atoms with Crippen LogP contribution in [0.2, 0.25) is 0 Å². The second kappa shape index (κ2) is 5.06. The van der Waals surface area contributed by atoms with Crippen LogP contribution < -0.4 is 5.32 Å². The molecule has 1 aliphatic rings. The van der Waals surface area contributed by atoms with E-state index in [2.05, 4.69) is 48.9 Å². The molecule has 0 spiro atoms. The van der Waals surface area contributed by atoms with Gasteiger partial charge in [-0.15, -0.1) is 11.3 Å². The Morgan fingerprint density at radius 3 is 2.84 bits per heavy atom. The molecule has 2 nitrogen and oxygen atoms in total. The Kier molecular flexibility index (Phi) is 3.42. The molecule has 0 aliphatic heterocycles. The summed E-state index contributed by atoms with van der Waals surface area (Å²) in [6.07, 6.45) is 4.83. The molecular formula is C16H20N2S. The third kappa shape index (κ3) is 2.11. The first kappa shape index (κ1) is 12.8. The number of fused-ring (bicyclic) bond motifs is 1. The van der Waals surface area contributed by atoms with Crippen molar-refractivity contribution in [2.75, 3.05) is 7.05 Å². The zero-order valence-electron chi connectivity index (χ0n) is 11.6. The van der Waals surface area contributed by atoms with Crippen molar-refractivity contribution in [2.24, 2.45) is 0 Å². The van der Waals surface area contributed by atoms with Gasteiger partial charge in [0.25, 0.3) is 0 Å². The summed E-state index contributed by atoms with van der Waals surface area (Å²) in [5.74, 6) is 0. The molecule has 0 bridgehead atoms. The van der Waals surface area contributed by atoms with Gasteiger partial charge in [0, 0.05) is 11.1 Å². The SMILES string of the molecule is CNC1(c2nc(C)cs2)CCCCc2ccccc21. The smallest absolute Gasteiger partial charge is 0.118 e. The van der Waals surface area contributed by atoms with E-state index in [0.29, 0.717) is 0 Å². The van der Waals surface area contributed by atoms with Gasteiger partial charge in [0.15, 0.2) is 0 Å². The van der Waals surface area contributed by atoms with Crippen LogP contribution in [0.15, 0.2) is 29.6 Å². The molecule has 3 rings (SSSR count).